The van der Waals surface area contributed by atoms with Gasteiger partial charge in [0, 0.05) is 18.8 Å². The van der Waals surface area contributed by atoms with Gasteiger partial charge in [-0.2, -0.15) is 4.31 Å². The van der Waals surface area contributed by atoms with Crippen LogP contribution in [0.25, 0.3) is 0 Å². The van der Waals surface area contributed by atoms with E-state index >= 15 is 0 Å². The van der Waals surface area contributed by atoms with E-state index in [4.69, 9.17) is 0 Å². The third-order valence-corrected chi connectivity index (χ3v) is 7.10. The monoisotopic (exact) mass is 422 g/mol. The smallest absolute Gasteiger partial charge is 0.243 e. The lowest BCUT2D eigenvalue weighted by molar-refractivity contribution is -0.116. The SMILES string of the molecule is CC(C)N(C)S(=O)(=O)c1ccc(NC(=O)C(c2ccccc2)c2ccccc2)cc1. The quantitative estimate of drug-likeness (QED) is 0.610. The van der Waals surface area contributed by atoms with Crippen LogP contribution in [0, 0.1) is 0 Å². The van der Waals surface area contributed by atoms with E-state index < -0.39 is 15.9 Å². The van der Waals surface area contributed by atoms with Crippen LogP contribution in [0.3, 0.4) is 0 Å². The summed E-state index contributed by atoms with van der Waals surface area (Å²) in [5.74, 6) is -0.648. The second-order valence-electron chi connectivity index (χ2n) is 7.38. The molecule has 1 amide bonds. The molecule has 3 aromatic carbocycles. The topological polar surface area (TPSA) is 66.5 Å². The van der Waals surface area contributed by atoms with Crippen LogP contribution in [0.1, 0.15) is 30.9 Å². The molecule has 0 aliphatic rings. The average molecular weight is 423 g/mol. The number of nitrogens with one attached hydrogen (secondary N) is 1. The van der Waals surface area contributed by atoms with Crippen LogP contribution in [-0.2, 0) is 14.8 Å². The zero-order valence-electron chi connectivity index (χ0n) is 17.3. The minimum atomic E-state index is -3.57. The van der Waals surface area contributed by atoms with Gasteiger partial charge in [-0.05, 0) is 49.2 Å². The van der Waals surface area contributed by atoms with E-state index in [1.54, 1.807) is 19.2 Å². The fraction of sp³-hybridized carbons (Fsp3) is 0.208. The lowest BCUT2D eigenvalue weighted by Gasteiger charge is -2.21. The fourth-order valence-corrected chi connectivity index (χ4v) is 4.52. The Balaban J connectivity index is 1.85. The maximum absolute atomic E-state index is 13.2. The highest BCUT2D eigenvalue weighted by atomic mass is 32.2. The molecule has 30 heavy (non-hydrogen) atoms. The Hall–Kier alpha value is -2.96. The van der Waals surface area contributed by atoms with Gasteiger partial charge in [0.05, 0.1) is 10.8 Å². The number of anilines is 1. The molecule has 0 spiro atoms. The van der Waals surface area contributed by atoms with Crippen LogP contribution < -0.4 is 5.32 Å². The number of sulfonamides is 1. The van der Waals surface area contributed by atoms with E-state index in [2.05, 4.69) is 5.32 Å². The third-order valence-electron chi connectivity index (χ3n) is 5.05. The largest absolute Gasteiger partial charge is 0.325 e. The second kappa shape index (κ2) is 9.24. The van der Waals surface area contributed by atoms with Crippen LogP contribution in [0.4, 0.5) is 5.69 Å². The molecule has 0 heterocycles. The summed E-state index contributed by atoms with van der Waals surface area (Å²) >= 11 is 0. The number of hydrogen-bond donors (Lipinski definition) is 1. The van der Waals surface area contributed by atoms with Crippen molar-refractivity contribution in [2.24, 2.45) is 0 Å². The number of hydrogen-bond acceptors (Lipinski definition) is 3. The van der Waals surface area contributed by atoms with Gasteiger partial charge in [0.15, 0.2) is 0 Å². The molecule has 0 aliphatic carbocycles. The molecule has 0 aromatic heterocycles. The van der Waals surface area contributed by atoms with E-state index in [0.717, 1.165) is 11.1 Å². The van der Waals surface area contributed by atoms with E-state index in [-0.39, 0.29) is 16.8 Å². The van der Waals surface area contributed by atoms with Crippen LogP contribution in [0.5, 0.6) is 0 Å². The molecule has 3 aromatic rings. The van der Waals surface area contributed by atoms with E-state index in [9.17, 15) is 13.2 Å². The maximum atomic E-state index is 13.2. The summed E-state index contributed by atoms with van der Waals surface area (Å²) in [7, 11) is -2.01. The average Bonchev–Trinajstić information content (AvgIpc) is 2.75. The van der Waals surface area contributed by atoms with Gasteiger partial charge in [-0.3, -0.25) is 4.79 Å². The normalized spacial score (nSPS) is 11.8. The first-order chi connectivity index (χ1) is 14.3. The zero-order valence-corrected chi connectivity index (χ0v) is 18.1. The molecule has 6 heteroatoms. The molecule has 5 nitrogen and oxygen atoms in total. The van der Waals surface area contributed by atoms with Crippen LogP contribution in [-0.4, -0.2) is 31.7 Å². The molecule has 0 saturated carbocycles. The second-order valence-corrected chi connectivity index (χ2v) is 9.38. The van der Waals surface area contributed by atoms with Crippen molar-refractivity contribution < 1.29 is 13.2 Å². The Kier molecular flexibility index (Phi) is 6.70. The lowest BCUT2D eigenvalue weighted by atomic mass is 9.90. The Morgan fingerprint density at radius 2 is 1.27 bits per heavy atom. The summed E-state index contributed by atoms with van der Waals surface area (Å²) in [5, 5.41) is 2.92. The minimum absolute atomic E-state index is 0.146. The Morgan fingerprint density at radius 1 is 0.800 bits per heavy atom. The number of carbonyl (C=O) groups excluding carboxylic acids is 1. The minimum Gasteiger partial charge on any atom is -0.325 e. The molecule has 1 N–H and O–H groups in total. The molecular weight excluding hydrogens is 396 g/mol. The predicted octanol–water partition coefficient (Wildman–Crippen LogP) is 4.49. The van der Waals surface area contributed by atoms with Gasteiger partial charge in [-0.15, -0.1) is 0 Å². The highest BCUT2D eigenvalue weighted by molar-refractivity contribution is 7.89. The molecule has 0 fully saturated rings. The molecule has 0 unspecified atom stereocenters. The molecule has 3 rings (SSSR count). The summed E-state index contributed by atoms with van der Waals surface area (Å²) in [5.41, 5.74) is 2.32. The van der Waals surface area contributed by atoms with Crippen molar-refractivity contribution in [3.05, 3.63) is 96.1 Å². The summed E-state index contributed by atoms with van der Waals surface area (Å²) in [4.78, 5) is 13.3. The molecular formula is C24H26N2O3S. The van der Waals surface area contributed by atoms with Crippen molar-refractivity contribution in [1.82, 2.24) is 4.31 Å². The van der Waals surface area contributed by atoms with Crippen LogP contribution in [0.2, 0.25) is 0 Å². The summed E-state index contributed by atoms with van der Waals surface area (Å²) < 4.78 is 26.6. The summed E-state index contributed by atoms with van der Waals surface area (Å²) in [6, 6.07) is 25.3. The van der Waals surface area contributed by atoms with Gasteiger partial charge in [-0.1, -0.05) is 60.7 Å². The molecule has 0 aliphatic heterocycles. The number of benzene rings is 3. The Bertz CT molecular complexity index is 1040. The summed E-state index contributed by atoms with van der Waals surface area (Å²) in [6.45, 7) is 3.64. The highest BCUT2D eigenvalue weighted by Crippen LogP contribution is 2.27. The van der Waals surface area contributed by atoms with Crippen molar-refractivity contribution in [2.75, 3.05) is 12.4 Å². The van der Waals surface area contributed by atoms with Crippen molar-refractivity contribution in [1.29, 1.82) is 0 Å². The molecule has 0 bridgehead atoms. The van der Waals surface area contributed by atoms with Gasteiger partial charge in [0.1, 0.15) is 0 Å². The lowest BCUT2D eigenvalue weighted by Crippen LogP contribution is -2.33. The van der Waals surface area contributed by atoms with E-state index in [0.29, 0.717) is 5.69 Å². The first-order valence-corrected chi connectivity index (χ1v) is 11.2. The summed E-state index contributed by atoms with van der Waals surface area (Å²) in [6.07, 6.45) is 0. The highest BCUT2D eigenvalue weighted by Gasteiger charge is 2.24. The Morgan fingerprint density at radius 3 is 1.70 bits per heavy atom. The van der Waals surface area contributed by atoms with E-state index in [1.165, 1.54) is 16.4 Å². The number of rotatable bonds is 7. The standard InChI is InChI=1S/C24H26N2O3S/c1-18(2)26(3)30(28,29)22-16-14-21(15-17-22)25-24(27)23(19-10-6-4-7-11-19)20-12-8-5-9-13-20/h4-18,23H,1-3H3,(H,25,27). The first kappa shape index (κ1) is 21.7. The fourth-order valence-electron chi connectivity index (χ4n) is 3.15. The van der Waals surface area contributed by atoms with Crippen molar-refractivity contribution in [3.63, 3.8) is 0 Å². The molecule has 0 saturated heterocycles. The number of carbonyl (C=O) groups is 1. The third kappa shape index (κ3) is 4.78. The maximum Gasteiger partial charge on any atom is 0.243 e. The molecule has 0 atom stereocenters. The molecule has 156 valence electrons. The van der Waals surface area contributed by atoms with Gasteiger partial charge >= 0.3 is 0 Å². The Labute approximate surface area is 178 Å². The van der Waals surface area contributed by atoms with Gasteiger partial charge in [0.2, 0.25) is 15.9 Å². The first-order valence-electron chi connectivity index (χ1n) is 9.79. The van der Waals surface area contributed by atoms with Gasteiger partial charge < -0.3 is 5.32 Å². The number of amides is 1. The number of nitrogens with zero attached hydrogens (tertiary/aromatic N) is 1. The van der Waals surface area contributed by atoms with Gasteiger partial charge in [0.25, 0.3) is 0 Å². The van der Waals surface area contributed by atoms with Crippen LogP contribution in [0.15, 0.2) is 89.8 Å². The zero-order chi connectivity index (χ0) is 21.7. The van der Waals surface area contributed by atoms with Crippen LogP contribution >= 0.6 is 0 Å². The van der Waals surface area contributed by atoms with Crippen molar-refractivity contribution in [2.45, 2.75) is 30.7 Å². The van der Waals surface area contributed by atoms with Crippen molar-refractivity contribution >= 4 is 21.6 Å². The van der Waals surface area contributed by atoms with E-state index in [1.807, 2.05) is 74.5 Å². The van der Waals surface area contributed by atoms with Gasteiger partial charge in [-0.25, -0.2) is 8.42 Å². The molecule has 0 radical (unpaired) electrons. The van der Waals surface area contributed by atoms with Crippen molar-refractivity contribution in [3.8, 4) is 0 Å². The predicted molar refractivity (Wildman–Crippen MR) is 120 cm³/mol.